The highest BCUT2D eigenvalue weighted by molar-refractivity contribution is 7.92. The molecule has 0 aliphatic heterocycles. The fourth-order valence-electron chi connectivity index (χ4n) is 1.85. The fourth-order valence-corrected chi connectivity index (χ4v) is 3.41. The summed E-state index contributed by atoms with van der Waals surface area (Å²) in [6.07, 6.45) is 1.67. The van der Waals surface area contributed by atoms with Gasteiger partial charge in [0.25, 0.3) is 0 Å². The second kappa shape index (κ2) is 7.53. The van der Waals surface area contributed by atoms with E-state index in [1.807, 2.05) is 12.1 Å². The minimum Gasteiger partial charge on any atom is -0.396 e. The van der Waals surface area contributed by atoms with Gasteiger partial charge in [0, 0.05) is 17.7 Å². The second-order valence-corrected chi connectivity index (χ2v) is 7.52. The Hall–Kier alpha value is -1.97. The average Bonchev–Trinajstić information content (AvgIpc) is 2.86. The standard InChI is InChI=1S/C14H17N3O4S2/c1-23(20,21)17-14-16-12(9-22-14)8-13(19)15-11-4-2-10(3-5-11)6-7-18/h2-5,9,18H,6-8H2,1H3,(H,15,19)(H,16,17). The smallest absolute Gasteiger partial charge is 0.231 e. The lowest BCUT2D eigenvalue weighted by Gasteiger charge is -2.05. The summed E-state index contributed by atoms with van der Waals surface area (Å²) in [6, 6.07) is 7.20. The zero-order valence-electron chi connectivity index (χ0n) is 12.4. The number of rotatable bonds is 7. The van der Waals surface area contributed by atoms with Crippen LogP contribution in [0.3, 0.4) is 0 Å². The van der Waals surface area contributed by atoms with Gasteiger partial charge in [0.05, 0.1) is 18.4 Å². The van der Waals surface area contributed by atoms with Gasteiger partial charge in [-0.2, -0.15) is 0 Å². The van der Waals surface area contributed by atoms with Crippen molar-refractivity contribution in [3.63, 3.8) is 0 Å². The highest BCUT2D eigenvalue weighted by Crippen LogP contribution is 2.17. The first kappa shape index (κ1) is 17.4. The highest BCUT2D eigenvalue weighted by atomic mass is 32.2. The van der Waals surface area contributed by atoms with Gasteiger partial charge in [0.1, 0.15) is 0 Å². The minimum absolute atomic E-state index is 0.0559. The first-order valence-corrected chi connectivity index (χ1v) is 9.54. The number of hydrogen-bond acceptors (Lipinski definition) is 6. The first-order valence-electron chi connectivity index (χ1n) is 6.77. The van der Waals surface area contributed by atoms with E-state index in [-0.39, 0.29) is 24.1 Å². The summed E-state index contributed by atoms with van der Waals surface area (Å²) in [4.78, 5) is 16.0. The number of carbonyl (C=O) groups excluding carboxylic acids is 1. The van der Waals surface area contributed by atoms with Crippen molar-refractivity contribution in [3.8, 4) is 0 Å². The van der Waals surface area contributed by atoms with Crippen LogP contribution in [0, 0.1) is 0 Å². The van der Waals surface area contributed by atoms with Crippen LogP contribution in [-0.4, -0.2) is 37.3 Å². The molecule has 0 bridgehead atoms. The normalized spacial score (nSPS) is 11.2. The summed E-state index contributed by atoms with van der Waals surface area (Å²) >= 11 is 1.13. The number of aromatic nitrogens is 1. The van der Waals surface area contributed by atoms with Crippen molar-refractivity contribution < 1.29 is 18.3 Å². The topological polar surface area (TPSA) is 108 Å². The highest BCUT2D eigenvalue weighted by Gasteiger charge is 2.10. The maximum atomic E-state index is 12.0. The molecule has 0 saturated heterocycles. The van der Waals surface area contributed by atoms with Crippen molar-refractivity contribution in [1.29, 1.82) is 0 Å². The Balaban J connectivity index is 1.91. The summed E-state index contributed by atoms with van der Waals surface area (Å²) in [5.41, 5.74) is 2.14. The molecule has 0 aliphatic rings. The molecular weight excluding hydrogens is 338 g/mol. The maximum Gasteiger partial charge on any atom is 0.231 e. The number of thiazole rings is 1. The van der Waals surface area contributed by atoms with Gasteiger partial charge in [-0.15, -0.1) is 11.3 Å². The third-order valence-electron chi connectivity index (χ3n) is 2.80. The SMILES string of the molecule is CS(=O)(=O)Nc1nc(CC(=O)Nc2ccc(CCO)cc2)cs1. The van der Waals surface area contributed by atoms with Crippen LogP contribution in [0.25, 0.3) is 0 Å². The van der Waals surface area contributed by atoms with Crippen LogP contribution in [0.15, 0.2) is 29.6 Å². The van der Waals surface area contributed by atoms with E-state index < -0.39 is 10.0 Å². The summed E-state index contributed by atoms with van der Waals surface area (Å²) in [5.74, 6) is -0.240. The number of aliphatic hydroxyl groups is 1. The lowest BCUT2D eigenvalue weighted by Crippen LogP contribution is -2.15. The fraction of sp³-hybridized carbons (Fsp3) is 0.286. The Morgan fingerprint density at radius 1 is 1.30 bits per heavy atom. The van der Waals surface area contributed by atoms with Crippen molar-refractivity contribution >= 4 is 38.1 Å². The van der Waals surface area contributed by atoms with Gasteiger partial charge >= 0.3 is 0 Å². The Labute approximate surface area is 138 Å². The zero-order valence-corrected chi connectivity index (χ0v) is 14.1. The lowest BCUT2D eigenvalue weighted by atomic mass is 10.1. The lowest BCUT2D eigenvalue weighted by molar-refractivity contribution is -0.115. The molecule has 0 spiro atoms. The summed E-state index contributed by atoms with van der Waals surface area (Å²) < 4.78 is 24.5. The van der Waals surface area contributed by atoms with Crippen molar-refractivity contribution in [2.45, 2.75) is 12.8 Å². The van der Waals surface area contributed by atoms with Gasteiger partial charge in [0.2, 0.25) is 15.9 Å². The first-order chi connectivity index (χ1) is 10.9. The molecule has 1 aromatic heterocycles. The van der Waals surface area contributed by atoms with E-state index in [0.717, 1.165) is 23.2 Å². The second-order valence-electron chi connectivity index (χ2n) is 4.91. The average molecular weight is 355 g/mol. The number of anilines is 2. The predicted octanol–water partition coefficient (Wildman–Crippen LogP) is 1.23. The number of nitrogens with one attached hydrogen (secondary N) is 2. The van der Waals surface area contributed by atoms with Crippen LogP contribution in [0.5, 0.6) is 0 Å². The quantitative estimate of drug-likeness (QED) is 0.692. The largest absolute Gasteiger partial charge is 0.396 e. The molecule has 2 rings (SSSR count). The summed E-state index contributed by atoms with van der Waals surface area (Å²) in [6.45, 7) is 0.0827. The van der Waals surface area contributed by atoms with Crippen LogP contribution in [-0.2, 0) is 27.7 Å². The third kappa shape index (κ3) is 5.97. The molecule has 1 heterocycles. The third-order valence-corrected chi connectivity index (χ3v) is 4.30. The maximum absolute atomic E-state index is 12.0. The van der Waals surface area contributed by atoms with Crippen LogP contribution in [0.1, 0.15) is 11.3 Å². The number of benzene rings is 1. The molecule has 0 atom stereocenters. The number of sulfonamides is 1. The van der Waals surface area contributed by atoms with Crippen molar-refractivity contribution in [2.75, 3.05) is 22.9 Å². The van der Waals surface area contributed by atoms with E-state index in [9.17, 15) is 13.2 Å². The number of hydrogen-bond donors (Lipinski definition) is 3. The van der Waals surface area contributed by atoms with Gasteiger partial charge in [-0.05, 0) is 24.1 Å². The number of nitrogens with zero attached hydrogens (tertiary/aromatic N) is 1. The molecule has 0 fully saturated rings. The van der Waals surface area contributed by atoms with Gasteiger partial charge in [0.15, 0.2) is 5.13 Å². The molecule has 3 N–H and O–H groups in total. The Bertz CT molecular complexity index is 770. The van der Waals surface area contributed by atoms with Gasteiger partial charge in [-0.1, -0.05) is 12.1 Å². The van der Waals surface area contributed by atoms with E-state index in [1.165, 1.54) is 0 Å². The molecule has 7 nitrogen and oxygen atoms in total. The van der Waals surface area contributed by atoms with Crippen molar-refractivity contribution in [2.24, 2.45) is 0 Å². The molecule has 0 saturated carbocycles. The molecule has 23 heavy (non-hydrogen) atoms. The molecular formula is C14H17N3O4S2. The van der Waals surface area contributed by atoms with Gasteiger partial charge in [-0.3, -0.25) is 9.52 Å². The Morgan fingerprint density at radius 3 is 2.61 bits per heavy atom. The molecule has 0 aliphatic carbocycles. The van der Waals surface area contributed by atoms with Crippen LogP contribution in [0.4, 0.5) is 10.8 Å². The predicted molar refractivity (Wildman–Crippen MR) is 90.1 cm³/mol. The molecule has 0 unspecified atom stereocenters. The molecule has 2 aromatic rings. The van der Waals surface area contributed by atoms with Crippen molar-refractivity contribution in [3.05, 3.63) is 40.9 Å². The number of carbonyl (C=O) groups is 1. The van der Waals surface area contributed by atoms with Gasteiger partial charge in [-0.25, -0.2) is 13.4 Å². The summed E-state index contributed by atoms with van der Waals surface area (Å²) in [7, 11) is -3.37. The van der Waals surface area contributed by atoms with E-state index in [2.05, 4.69) is 15.0 Å². The van der Waals surface area contributed by atoms with E-state index in [0.29, 0.717) is 17.8 Å². The number of amides is 1. The molecule has 0 radical (unpaired) electrons. The zero-order chi connectivity index (χ0) is 16.9. The van der Waals surface area contributed by atoms with E-state index in [4.69, 9.17) is 5.11 Å². The van der Waals surface area contributed by atoms with Crippen LogP contribution in [0.2, 0.25) is 0 Å². The summed E-state index contributed by atoms with van der Waals surface area (Å²) in [5, 5.41) is 13.5. The number of aliphatic hydroxyl groups excluding tert-OH is 1. The Kier molecular flexibility index (Phi) is 5.69. The molecule has 124 valence electrons. The van der Waals surface area contributed by atoms with Crippen LogP contribution >= 0.6 is 11.3 Å². The van der Waals surface area contributed by atoms with Crippen molar-refractivity contribution in [1.82, 2.24) is 4.98 Å². The van der Waals surface area contributed by atoms with Crippen LogP contribution < -0.4 is 10.0 Å². The Morgan fingerprint density at radius 2 is 2.00 bits per heavy atom. The van der Waals surface area contributed by atoms with Gasteiger partial charge < -0.3 is 10.4 Å². The molecule has 9 heteroatoms. The molecule has 1 amide bonds. The monoisotopic (exact) mass is 355 g/mol. The molecule has 1 aromatic carbocycles. The minimum atomic E-state index is -3.37. The van der Waals surface area contributed by atoms with E-state index in [1.54, 1.807) is 17.5 Å². The van der Waals surface area contributed by atoms with E-state index >= 15 is 0 Å².